The largest absolute Gasteiger partial charge is 0.312 e. The lowest BCUT2D eigenvalue weighted by Crippen LogP contribution is -2.40. The quantitative estimate of drug-likeness (QED) is 0.484. The van der Waals surface area contributed by atoms with Crippen LogP contribution in [0.15, 0.2) is 42.5 Å². The molecule has 1 atom stereocenters. The van der Waals surface area contributed by atoms with E-state index >= 15 is 0 Å². The van der Waals surface area contributed by atoms with Gasteiger partial charge in [0.25, 0.3) is 0 Å². The van der Waals surface area contributed by atoms with Crippen LogP contribution in [-0.4, -0.2) is 23.7 Å². The summed E-state index contributed by atoms with van der Waals surface area (Å²) in [6.45, 7) is 13.5. The molecule has 1 N–H and O–H groups in total. The van der Waals surface area contributed by atoms with E-state index < -0.39 is 5.41 Å². The molecule has 0 heterocycles. The lowest BCUT2D eigenvalue weighted by atomic mass is 9.74. The molecule has 180 valence electrons. The minimum atomic E-state index is -0.446. The number of hydrogen-bond donors (Lipinski definition) is 1. The van der Waals surface area contributed by atoms with Crippen LogP contribution in [0.5, 0.6) is 0 Å². The Morgan fingerprint density at radius 1 is 0.909 bits per heavy atom. The highest BCUT2D eigenvalue weighted by Gasteiger charge is 2.34. The minimum absolute atomic E-state index is 0.114. The van der Waals surface area contributed by atoms with E-state index in [0.29, 0.717) is 24.5 Å². The highest BCUT2D eigenvalue weighted by atomic mass is 16.1. The van der Waals surface area contributed by atoms with Gasteiger partial charge in [-0.25, -0.2) is 0 Å². The fourth-order valence-electron chi connectivity index (χ4n) is 5.07. The molecule has 3 heteroatoms. The van der Waals surface area contributed by atoms with E-state index in [9.17, 15) is 9.59 Å². The normalized spacial score (nSPS) is 20.5. The summed E-state index contributed by atoms with van der Waals surface area (Å²) in [5.74, 6) is 1.01. The second-order valence-electron chi connectivity index (χ2n) is 12.2. The summed E-state index contributed by atoms with van der Waals surface area (Å²) in [4.78, 5) is 26.6. The summed E-state index contributed by atoms with van der Waals surface area (Å²) in [6.07, 6.45) is 5.13. The van der Waals surface area contributed by atoms with Crippen LogP contribution in [0.3, 0.4) is 0 Å². The van der Waals surface area contributed by atoms with Crippen LogP contribution in [0.4, 0.5) is 0 Å². The number of carbonyl (C=O) groups is 2. The second-order valence-corrected chi connectivity index (χ2v) is 12.2. The Morgan fingerprint density at radius 2 is 1.55 bits per heavy atom. The lowest BCUT2D eigenvalue weighted by Gasteiger charge is -2.32. The monoisotopic (exact) mass is 449 g/mol. The molecule has 1 unspecified atom stereocenters. The van der Waals surface area contributed by atoms with Crippen molar-refractivity contribution >= 4 is 22.3 Å². The minimum Gasteiger partial charge on any atom is -0.312 e. The van der Waals surface area contributed by atoms with E-state index in [0.717, 1.165) is 37.8 Å². The summed E-state index contributed by atoms with van der Waals surface area (Å²) in [5, 5.41) is 6.00. The van der Waals surface area contributed by atoms with Crippen molar-refractivity contribution in [2.75, 3.05) is 6.54 Å². The van der Waals surface area contributed by atoms with E-state index in [1.54, 1.807) is 0 Å². The van der Waals surface area contributed by atoms with Gasteiger partial charge in [0.05, 0.1) is 0 Å². The van der Waals surface area contributed by atoms with Crippen LogP contribution >= 0.6 is 0 Å². The standard InChI is InChI=1S/C30H43NO2/c1-29(2,3)28(33)26(18-22-13-14-23-9-7-8-10-25(23)17-22)19-27(32)24-15-11-21(12-16-24)20-31-30(4,5)6/h7-10,13-14,17,21,24,26,31H,11-12,15-16,18-20H2,1-6H3. The number of benzene rings is 2. The Hall–Kier alpha value is -2.00. The Labute approximate surface area is 200 Å². The third kappa shape index (κ3) is 7.50. The average molecular weight is 450 g/mol. The van der Waals surface area contributed by atoms with Crippen molar-refractivity contribution < 1.29 is 9.59 Å². The third-order valence-corrected chi connectivity index (χ3v) is 7.08. The number of carbonyl (C=O) groups excluding carboxylic acids is 2. The second kappa shape index (κ2) is 10.5. The zero-order valence-corrected chi connectivity index (χ0v) is 21.5. The van der Waals surface area contributed by atoms with Gasteiger partial charge in [-0.15, -0.1) is 0 Å². The first-order chi connectivity index (χ1) is 15.4. The molecular weight excluding hydrogens is 406 g/mol. The lowest BCUT2D eigenvalue weighted by molar-refractivity contribution is -0.135. The highest BCUT2D eigenvalue weighted by molar-refractivity contribution is 5.92. The zero-order valence-electron chi connectivity index (χ0n) is 21.5. The first-order valence-electron chi connectivity index (χ1n) is 12.7. The zero-order chi connectivity index (χ0) is 24.2. The molecule has 0 bridgehead atoms. The van der Waals surface area contributed by atoms with E-state index in [2.05, 4.69) is 56.4 Å². The molecule has 1 aliphatic rings. The van der Waals surface area contributed by atoms with Crippen molar-refractivity contribution in [3.05, 3.63) is 48.0 Å². The number of fused-ring (bicyclic) bond motifs is 1. The Kier molecular flexibility index (Phi) is 8.16. The molecular formula is C30H43NO2. The number of hydrogen-bond acceptors (Lipinski definition) is 3. The number of ketones is 2. The number of rotatable bonds is 8. The molecule has 3 rings (SSSR count). The predicted molar refractivity (Wildman–Crippen MR) is 138 cm³/mol. The SMILES string of the molecule is CC(C)(C)NCC1CCC(C(=O)CC(Cc2ccc3ccccc3c2)C(=O)C(C)(C)C)CC1. The first kappa shape index (κ1) is 25.6. The predicted octanol–water partition coefficient (Wildman–Crippen LogP) is 6.77. The molecule has 0 radical (unpaired) electrons. The van der Waals surface area contributed by atoms with Gasteiger partial charge in [0.2, 0.25) is 0 Å². The van der Waals surface area contributed by atoms with Crippen molar-refractivity contribution in [1.29, 1.82) is 0 Å². The van der Waals surface area contributed by atoms with E-state index in [1.165, 1.54) is 10.8 Å². The third-order valence-electron chi connectivity index (χ3n) is 7.08. The summed E-state index contributed by atoms with van der Waals surface area (Å²) < 4.78 is 0. The Bertz CT molecular complexity index is 955. The van der Waals surface area contributed by atoms with Gasteiger partial charge in [-0.1, -0.05) is 63.2 Å². The summed E-state index contributed by atoms with van der Waals surface area (Å²) in [5.41, 5.74) is 0.828. The summed E-state index contributed by atoms with van der Waals surface area (Å²) in [7, 11) is 0. The van der Waals surface area contributed by atoms with E-state index in [4.69, 9.17) is 0 Å². The maximum Gasteiger partial charge on any atom is 0.142 e. The van der Waals surface area contributed by atoms with Gasteiger partial charge < -0.3 is 5.32 Å². The van der Waals surface area contributed by atoms with Crippen LogP contribution < -0.4 is 5.32 Å². The van der Waals surface area contributed by atoms with Crippen LogP contribution in [0, 0.1) is 23.2 Å². The molecule has 3 nitrogen and oxygen atoms in total. The smallest absolute Gasteiger partial charge is 0.142 e. The highest BCUT2D eigenvalue weighted by Crippen LogP contribution is 2.33. The fourth-order valence-corrected chi connectivity index (χ4v) is 5.07. The molecule has 0 aliphatic heterocycles. The van der Waals surface area contributed by atoms with Crippen LogP contribution in [0.1, 0.15) is 79.2 Å². The molecule has 1 saturated carbocycles. The maximum absolute atomic E-state index is 13.3. The van der Waals surface area contributed by atoms with Gasteiger partial charge in [-0.05, 0) is 81.7 Å². The molecule has 0 amide bonds. The summed E-state index contributed by atoms with van der Waals surface area (Å²) >= 11 is 0. The Morgan fingerprint density at radius 3 is 2.15 bits per heavy atom. The van der Waals surface area contributed by atoms with Gasteiger partial charge in [0.1, 0.15) is 11.6 Å². The van der Waals surface area contributed by atoms with E-state index in [-0.39, 0.29) is 23.2 Å². The molecule has 1 aliphatic carbocycles. The van der Waals surface area contributed by atoms with Crippen molar-refractivity contribution in [3.63, 3.8) is 0 Å². The van der Waals surface area contributed by atoms with Gasteiger partial charge in [-0.3, -0.25) is 9.59 Å². The molecule has 2 aromatic rings. The topological polar surface area (TPSA) is 46.2 Å². The molecule has 2 aromatic carbocycles. The van der Waals surface area contributed by atoms with Gasteiger partial charge in [-0.2, -0.15) is 0 Å². The van der Waals surface area contributed by atoms with Crippen molar-refractivity contribution in [2.24, 2.45) is 23.2 Å². The molecule has 1 fully saturated rings. The molecule has 0 aromatic heterocycles. The van der Waals surface area contributed by atoms with Crippen LogP contribution in [-0.2, 0) is 16.0 Å². The maximum atomic E-state index is 13.3. The molecule has 0 saturated heterocycles. The number of Topliss-reactive ketones (excluding diaryl/α,β-unsaturated/α-hetero) is 2. The van der Waals surface area contributed by atoms with Crippen LogP contribution in [0.2, 0.25) is 0 Å². The van der Waals surface area contributed by atoms with Gasteiger partial charge >= 0.3 is 0 Å². The van der Waals surface area contributed by atoms with Crippen molar-refractivity contribution in [2.45, 2.75) is 85.6 Å². The average Bonchev–Trinajstić information content (AvgIpc) is 2.76. The van der Waals surface area contributed by atoms with E-state index in [1.807, 2.05) is 32.9 Å². The van der Waals surface area contributed by atoms with Crippen LogP contribution in [0.25, 0.3) is 10.8 Å². The summed E-state index contributed by atoms with van der Waals surface area (Å²) in [6, 6.07) is 14.7. The Balaban J connectivity index is 1.65. The molecule has 0 spiro atoms. The van der Waals surface area contributed by atoms with Crippen molar-refractivity contribution in [1.82, 2.24) is 5.32 Å². The fraction of sp³-hybridized carbons (Fsp3) is 0.600. The van der Waals surface area contributed by atoms with Gasteiger partial charge in [0, 0.05) is 29.2 Å². The van der Waals surface area contributed by atoms with Crippen molar-refractivity contribution in [3.8, 4) is 0 Å². The van der Waals surface area contributed by atoms with Gasteiger partial charge in [0.15, 0.2) is 0 Å². The number of nitrogens with one attached hydrogen (secondary N) is 1. The first-order valence-corrected chi connectivity index (χ1v) is 12.7. The molecule has 33 heavy (non-hydrogen) atoms.